The molecular weight excluding hydrogens is 454 g/mol. The van der Waals surface area contributed by atoms with E-state index in [-0.39, 0.29) is 35.3 Å². The molecular formula is C23H29N7O5. The van der Waals surface area contributed by atoms with Crippen molar-refractivity contribution in [2.24, 2.45) is 5.92 Å². The van der Waals surface area contributed by atoms with E-state index in [0.717, 1.165) is 6.42 Å². The fourth-order valence-corrected chi connectivity index (χ4v) is 3.55. The van der Waals surface area contributed by atoms with Crippen LogP contribution in [0.5, 0.6) is 0 Å². The van der Waals surface area contributed by atoms with Crippen LogP contribution in [0.15, 0.2) is 46.1 Å². The van der Waals surface area contributed by atoms with Gasteiger partial charge in [0.15, 0.2) is 11.4 Å². The summed E-state index contributed by atoms with van der Waals surface area (Å²) in [6, 6.07) is 7.29. The molecule has 3 N–H and O–H groups in total. The van der Waals surface area contributed by atoms with Crippen LogP contribution >= 0.6 is 0 Å². The Morgan fingerprint density at radius 3 is 2.69 bits per heavy atom. The predicted octanol–water partition coefficient (Wildman–Crippen LogP) is 2.71. The lowest BCUT2D eigenvalue weighted by Gasteiger charge is -2.24. The summed E-state index contributed by atoms with van der Waals surface area (Å²) in [7, 11) is 0. The van der Waals surface area contributed by atoms with E-state index >= 15 is 0 Å². The molecule has 1 aromatic carbocycles. The number of rotatable bonds is 10. The third-order valence-corrected chi connectivity index (χ3v) is 5.51. The Hall–Kier alpha value is -4.22. The Balaban J connectivity index is 2.04. The summed E-state index contributed by atoms with van der Waals surface area (Å²) >= 11 is 0. The third-order valence-electron chi connectivity index (χ3n) is 5.51. The molecule has 3 rings (SSSR count). The number of aromatic nitrogens is 4. The van der Waals surface area contributed by atoms with E-state index in [2.05, 4.69) is 10.1 Å². The zero-order valence-electron chi connectivity index (χ0n) is 19.9. The van der Waals surface area contributed by atoms with E-state index in [1.807, 2.05) is 20.8 Å². The summed E-state index contributed by atoms with van der Waals surface area (Å²) in [4.78, 5) is 52.8. The summed E-state index contributed by atoms with van der Waals surface area (Å²) in [6.07, 6.45) is 3.56. The van der Waals surface area contributed by atoms with Gasteiger partial charge in [-0.05, 0) is 30.9 Å². The maximum absolute atomic E-state index is 13.5. The minimum atomic E-state index is -0.754. The van der Waals surface area contributed by atoms with Gasteiger partial charge in [-0.15, -0.1) is 0 Å². The summed E-state index contributed by atoms with van der Waals surface area (Å²) in [5.41, 5.74) is 5.07. The molecule has 0 bridgehead atoms. The number of hydrogen-bond donors (Lipinski definition) is 2. The highest BCUT2D eigenvalue weighted by Gasteiger charge is 2.27. The molecule has 0 aliphatic carbocycles. The predicted molar refractivity (Wildman–Crippen MR) is 132 cm³/mol. The van der Waals surface area contributed by atoms with Crippen LogP contribution in [-0.2, 0) is 6.54 Å². The number of nitro groups is 1. The monoisotopic (exact) mass is 483 g/mol. The smallest absolute Gasteiger partial charge is 0.330 e. The molecule has 0 atom stereocenters. The Bertz CT molecular complexity index is 1340. The van der Waals surface area contributed by atoms with Gasteiger partial charge in [0, 0.05) is 31.4 Å². The number of benzene rings is 1. The second-order valence-electron chi connectivity index (χ2n) is 8.56. The van der Waals surface area contributed by atoms with Crippen molar-refractivity contribution >= 4 is 23.1 Å². The highest BCUT2D eigenvalue weighted by atomic mass is 16.6. The van der Waals surface area contributed by atoms with Gasteiger partial charge in [0.2, 0.25) is 0 Å². The maximum Gasteiger partial charge on any atom is 0.330 e. The van der Waals surface area contributed by atoms with Crippen LogP contribution in [0, 0.1) is 16.0 Å². The first-order chi connectivity index (χ1) is 16.6. The van der Waals surface area contributed by atoms with E-state index in [1.54, 1.807) is 6.07 Å². The van der Waals surface area contributed by atoms with Crippen molar-refractivity contribution in [2.45, 2.75) is 46.6 Å². The van der Waals surface area contributed by atoms with Crippen LogP contribution in [0.2, 0.25) is 0 Å². The SMILES string of the molecule is CCCCn1c(N)c(N(CCC(C)C)C(=O)c2ccn(-c3cccc([N+](=O)[O-])c3)n2)c(=O)[nH]c1=O. The van der Waals surface area contributed by atoms with Crippen LogP contribution < -0.4 is 21.9 Å². The molecule has 2 aromatic heterocycles. The molecule has 0 spiro atoms. The Kier molecular flexibility index (Phi) is 7.84. The molecule has 1 amide bonds. The second-order valence-corrected chi connectivity index (χ2v) is 8.56. The maximum atomic E-state index is 13.5. The molecule has 12 nitrogen and oxygen atoms in total. The molecule has 0 unspecified atom stereocenters. The number of H-pyrrole nitrogens is 1. The summed E-state index contributed by atoms with van der Waals surface area (Å²) in [5, 5.41) is 15.4. The lowest BCUT2D eigenvalue weighted by atomic mass is 10.1. The Labute approximate surface area is 201 Å². The zero-order valence-corrected chi connectivity index (χ0v) is 19.9. The first-order valence-electron chi connectivity index (χ1n) is 11.4. The highest BCUT2D eigenvalue weighted by molar-refractivity contribution is 6.06. The lowest BCUT2D eigenvalue weighted by Crippen LogP contribution is -2.42. The van der Waals surface area contributed by atoms with E-state index in [0.29, 0.717) is 25.1 Å². The third kappa shape index (κ3) is 5.65. The van der Waals surface area contributed by atoms with E-state index < -0.39 is 22.1 Å². The quantitative estimate of drug-likeness (QED) is 0.331. The molecule has 0 fully saturated rings. The molecule has 0 saturated heterocycles. The van der Waals surface area contributed by atoms with Crippen molar-refractivity contribution in [3.8, 4) is 5.69 Å². The van der Waals surface area contributed by atoms with Gasteiger partial charge in [-0.25, -0.2) is 9.48 Å². The molecule has 0 saturated carbocycles. The fraction of sp³-hybridized carbons (Fsp3) is 0.391. The van der Waals surface area contributed by atoms with Gasteiger partial charge in [0.1, 0.15) is 5.82 Å². The molecule has 0 aliphatic rings. The van der Waals surface area contributed by atoms with E-state index in [9.17, 15) is 24.5 Å². The fourth-order valence-electron chi connectivity index (χ4n) is 3.55. The van der Waals surface area contributed by atoms with Gasteiger partial charge in [-0.3, -0.25) is 34.2 Å². The minimum Gasteiger partial charge on any atom is -0.383 e. The van der Waals surface area contributed by atoms with E-state index in [4.69, 9.17) is 5.73 Å². The van der Waals surface area contributed by atoms with Crippen LogP contribution in [0.3, 0.4) is 0 Å². The first-order valence-corrected chi connectivity index (χ1v) is 11.4. The first kappa shape index (κ1) is 25.4. The minimum absolute atomic E-state index is 0.0189. The summed E-state index contributed by atoms with van der Waals surface area (Å²) in [6.45, 7) is 6.41. The van der Waals surface area contributed by atoms with Crippen molar-refractivity contribution in [1.29, 1.82) is 0 Å². The average Bonchev–Trinajstić information content (AvgIpc) is 3.31. The van der Waals surface area contributed by atoms with E-state index in [1.165, 1.54) is 44.6 Å². The number of nitrogens with zero attached hydrogens (tertiary/aromatic N) is 5. The number of nitrogen functional groups attached to an aromatic ring is 1. The summed E-state index contributed by atoms with van der Waals surface area (Å²) in [5.74, 6) is -0.436. The molecule has 12 heteroatoms. The van der Waals surface area contributed by atoms with Crippen molar-refractivity contribution in [1.82, 2.24) is 19.3 Å². The number of nitrogens with two attached hydrogens (primary N) is 1. The molecule has 35 heavy (non-hydrogen) atoms. The number of unbranched alkanes of at least 4 members (excludes halogenated alkanes) is 1. The highest BCUT2D eigenvalue weighted by Crippen LogP contribution is 2.22. The van der Waals surface area contributed by atoms with Crippen LogP contribution in [0.4, 0.5) is 17.2 Å². The molecule has 0 aliphatic heterocycles. The van der Waals surface area contributed by atoms with Gasteiger partial charge in [0.25, 0.3) is 17.2 Å². The number of aromatic amines is 1. The normalized spacial score (nSPS) is 11.1. The molecule has 3 aromatic rings. The van der Waals surface area contributed by atoms with Crippen molar-refractivity contribution in [3.63, 3.8) is 0 Å². The number of non-ortho nitro benzene ring substituents is 1. The largest absolute Gasteiger partial charge is 0.383 e. The molecule has 186 valence electrons. The van der Waals surface area contributed by atoms with Crippen molar-refractivity contribution < 1.29 is 9.72 Å². The Morgan fingerprint density at radius 2 is 2.03 bits per heavy atom. The molecule has 0 radical (unpaired) electrons. The number of carbonyl (C=O) groups is 1. The van der Waals surface area contributed by atoms with Gasteiger partial charge >= 0.3 is 5.69 Å². The average molecular weight is 484 g/mol. The standard InChI is InChI=1S/C23H29N7O5/c1-4-5-11-28-20(24)19(21(31)25-23(28)33)27(12-9-15(2)3)22(32)18-10-13-29(26-18)16-7-6-8-17(14-16)30(34)35/h6-8,10,13-15H,4-5,9,11-12,24H2,1-3H3,(H,25,31,33). The number of nitro benzene ring substituents is 1. The second kappa shape index (κ2) is 10.8. The summed E-state index contributed by atoms with van der Waals surface area (Å²) < 4.78 is 2.61. The van der Waals surface area contributed by atoms with Gasteiger partial charge in [-0.1, -0.05) is 33.3 Å². The topological polar surface area (TPSA) is 162 Å². The zero-order chi connectivity index (χ0) is 25.7. The van der Waals surface area contributed by atoms with Crippen LogP contribution in [0.25, 0.3) is 5.69 Å². The number of amides is 1. The van der Waals surface area contributed by atoms with Crippen LogP contribution in [-0.4, -0.2) is 36.7 Å². The van der Waals surface area contributed by atoms with Gasteiger partial charge in [-0.2, -0.15) is 5.10 Å². The number of nitrogens with one attached hydrogen (secondary N) is 1. The van der Waals surface area contributed by atoms with Crippen molar-refractivity contribution in [2.75, 3.05) is 17.2 Å². The van der Waals surface area contributed by atoms with Gasteiger partial charge in [0.05, 0.1) is 10.6 Å². The van der Waals surface area contributed by atoms with Crippen molar-refractivity contribution in [3.05, 3.63) is 73.2 Å². The van der Waals surface area contributed by atoms with Gasteiger partial charge < -0.3 is 5.73 Å². The molecule has 2 heterocycles. The number of hydrogen-bond acceptors (Lipinski definition) is 7. The van der Waals surface area contributed by atoms with Crippen LogP contribution in [0.1, 0.15) is 50.5 Å². The number of anilines is 2. The number of carbonyl (C=O) groups excluding carboxylic acids is 1. The Morgan fingerprint density at radius 1 is 1.29 bits per heavy atom. The lowest BCUT2D eigenvalue weighted by molar-refractivity contribution is -0.384.